The van der Waals surface area contributed by atoms with E-state index >= 15 is 0 Å². The average molecular weight is 284 g/mol. The topological polar surface area (TPSA) is 54.6 Å². The van der Waals surface area contributed by atoms with Crippen LogP contribution in [0.4, 0.5) is 0 Å². The highest BCUT2D eigenvalue weighted by atomic mass is 15.4. The van der Waals surface area contributed by atoms with Crippen molar-refractivity contribution in [2.24, 2.45) is 0 Å². The maximum Gasteiger partial charge on any atom is 0.173 e. The van der Waals surface area contributed by atoms with Crippen molar-refractivity contribution in [1.29, 1.82) is 5.41 Å². The lowest BCUT2D eigenvalue weighted by Gasteiger charge is -2.14. The van der Waals surface area contributed by atoms with E-state index in [2.05, 4.69) is 24.2 Å². The van der Waals surface area contributed by atoms with Crippen LogP contribution in [-0.4, -0.2) is 15.0 Å². The Bertz CT molecular complexity index is 616. The second kappa shape index (κ2) is 7.72. The van der Waals surface area contributed by atoms with Gasteiger partial charge in [0.15, 0.2) is 5.49 Å². The molecule has 0 spiro atoms. The zero-order valence-corrected chi connectivity index (χ0v) is 13.0. The molecule has 1 N–H and O–H groups in total. The van der Waals surface area contributed by atoms with E-state index in [4.69, 9.17) is 5.41 Å². The van der Waals surface area contributed by atoms with Crippen molar-refractivity contribution in [2.75, 3.05) is 0 Å². The first-order valence-electron chi connectivity index (χ1n) is 7.85. The van der Waals surface area contributed by atoms with Crippen LogP contribution in [0, 0.1) is 5.41 Å². The number of aromatic nitrogens is 3. The summed E-state index contributed by atoms with van der Waals surface area (Å²) >= 11 is 0. The Morgan fingerprint density at radius 1 is 1.05 bits per heavy atom. The molecule has 0 aliphatic rings. The van der Waals surface area contributed by atoms with E-state index in [0.717, 1.165) is 36.2 Å². The Labute approximate surface area is 126 Å². The number of nitrogens with one attached hydrogen (secondary N) is 1. The maximum absolute atomic E-state index is 8.07. The van der Waals surface area contributed by atoms with Crippen molar-refractivity contribution in [3.63, 3.8) is 0 Å². The van der Waals surface area contributed by atoms with Crippen molar-refractivity contribution < 1.29 is 0 Å². The van der Waals surface area contributed by atoms with Gasteiger partial charge in [0.05, 0.1) is 11.4 Å². The van der Waals surface area contributed by atoms with Gasteiger partial charge in [-0.25, -0.2) is 4.68 Å². The van der Waals surface area contributed by atoms with Gasteiger partial charge >= 0.3 is 0 Å². The summed E-state index contributed by atoms with van der Waals surface area (Å²) < 4.78 is 1.88. The van der Waals surface area contributed by atoms with Gasteiger partial charge in [0.1, 0.15) is 0 Å². The largest absolute Gasteiger partial charge is 0.281 e. The van der Waals surface area contributed by atoms with Gasteiger partial charge in [-0.05, 0) is 31.4 Å². The van der Waals surface area contributed by atoms with Crippen molar-refractivity contribution in [3.8, 4) is 5.69 Å². The predicted molar refractivity (Wildman–Crippen MR) is 84.4 cm³/mol. The van der Waals surface area contributed by atoms with E-state index in [1.165, 1.54) is 19.3 Å². The first-order valence-corrected chi connectivity index (χ1v) is 7.85. The third kappa shape index (κ3) is 3.78. The molecule has 1 aromatic carbocycles. The van der Waals surface area contributed by atoms with Crippen LogP contribution >= 0.6 is 0 Å². The second-order valence-corrected chi connectivity index (χ2v) is 5.27. The van der Waals surface area contributed by atoms with E-state index < -0.39 is 0 Å². The molecule has 0 amide bonds. The van der Waals surface area contributed by atoms with E-state index in [1.807, 2.05) is 35.0 Å². The smallest absolute Gasteiger partial charge is 0.173 e. The van der Waals surface area contributed by atoms with E-state index in [1.54, 1.807) is 0 Å². The van der Waals surface area contributed by atoms with E-state index in [0.29, 0.717) is 5.49 Å². The number of para-hydroxylation sites is 1. The van der Waals surface area contributed by atoms with Crippen molar-refractivity contribution in [2.45, 2.75) is 52.4 Å². The van der Waals surface area contributed by atoms with Gasteiger partial charge in [0.25, 0.3) is 0 Å². The lowest BCUT2D eigenvalue weighted by atomic mass is 10.0. The number of hydrogen-bond donors (Lipinski definition) is 1. The van der Waals surface area contributed by atoms with Gasteiger partial charge in [-0.2, -0.15) is 0 Å². The summed E-state index contributed by atoms with van der Waals surface area (Å²) in [4.78, 5) is 0. The molecule has 21 heavy (non-hydrogen) atoms. The molecule has 0 atom stereocenters. The molecule has 1 heterocycles. The normalized spacial score (nSPS) is 10.8. The molecule has 0 saturated heterocycles. The zero-order valence-electron chi connectivity index (χ0n) is 13.0. The molecule has 4 nitrogen and oxygen atoms in total. The molecular formula is C17H24N4. The molecular weight excluding hydrogens is 260 g/mol. The number of rotatable bonds is 7. The molecule has 1 aromatic heterocycles. The average Bonchev–Trinajstić information content (AvgIpc) is 2.53. The first-order chi connectivity index (χ1) is 10.3. The van der Waals surface area contributed by atoms with Crippen LogP contribution in [-0.2, 0) is 12.8 Å². The van der Waals surface area contributed by atoms with Gasteiger partial charge in [-0.15, -0.1) is 5.10 Å². The Kier molecular flexibility index (Phi) is 5.67. The number of benzene rings is 1. The quantitative estimate of drug-likeness (QED) is 0.792. The van der Waals surface area contributed by atoms with Gasteiger partial charge in [0, 0.05) is 5.56 Å². The van der Waals surface area contributed by atoms with Crippen LogP contribution in [0.15, 0.2) is 30.3 Å². The monoisotopic (exact) mass is 284 g/mol. The minimum absolute atomic E-state index is 0.329. The molecule has 0 bridgehead atoms. The van der Waals surface area contributed by atoms with Crippen molar-refractivity contribution in [3.05, 3.63) is 47.1 Å². The lowest BCUT2D eigenvalue weighted by molar-refractivity contribution is 0.620. The summed E-state index contributed by atoms with van der Waals surface area (Å²) in [6, 6.07) is 10.0. The summed E-state index contributed by atoms with van der Waals surface area (Å²) in [5, 5.41) is 16.3. The minimum atomic E-state index is 0.329. The van der Waals surface area contributed by atoms with Crippen molar-refractivity contribution >= 4 is 0 Å². The van der Waals surface area contributed by atoms with E-state index in [9.17, 15) is 0 Å². The lowest BCUT2D eigenvalue weighted by Crippen LogP contribution is -2.24. The molecule has 0 aliphatic heterocycles. The summed E-state index contributed by atoms with van der Waals surface area (Å²) in [6.45, 7) is 4.33. The van der Waals surface area contributed by atoms with Crippen LogP contribution in [0.3, 0.4) is 0 Å². The Morgan fingerprint density at radius 2 is 1.81 bits per heavy atom. The third-order valence-electron chi connectivity index (χ3n) is 3.74. The summed E-state index contributed by atoms with van der Waals surface area (Å²) in [6.07, 6.45) is 6.60. The molecule has 0 aliphatic carbocycles. The standard InChI is InChI=1S/C17H24N4/c1-3-5-6-10-13-15-16(4-2)21(20-19-17(15)18)14-11-8-7-9-12-14/h7-9,11-12,18H,3-6,10,13H2,1-2H3. The fourth-order valence-electron chi connectivity index (χ4n) is 2.60. The number of nitrogens with zero attached hydrogens (tertiary/aromatic N) is 3. The van der Waals surface area contributed by atoms with Crippen LogP contribution in [0.1, 0.15) is 50.8 Å². The molecule has 2 aromatic rings. The van der Waals surface area contributed by atoms with Gasteiger partial charge in [-0.1, -0.05) is 56.5 Å². The fourth-order valence-corrected chi connectivity index (χ4v) is 2.60. The van der Waals surface area contributed by atoms with Crippen molar-refractivity contribution in [1.82, 2.24) is 15.0 Å². The van der Waals surface area contributed by atoms with Crippen LogP contribution in [0.25, 0.3) is 5.69 Å². The van der Waals surface area contributed by atoms with Gasteiger partial charge in [-0.3, -0.25) is 5.41 Å². The second-order valence-electron chi connectivity index (χ2n) is 5.27. The molecule has 0 unspecified atom stereocenters. The highest BCUT2D eigenvalue weighted by Gasteiger charge is 2.11. The minimum Gasteiger partial charge on any atom is -0.281 e. The summed E-state index contributed by atoms with van der Waals surface area (Å²) in [7, 11) is 0. The number of unbranched alkanes of at least 4 members (excludes halogenated alkanes) is 3. The fraction of sp³-hybridized carbons (Fsp3) is 0.471. The van der Waals surface area contributed by atoms with Gasteiger partial charge in [0.2, 0.25) is 0 Å². The summed E-state index contributed by atoms with van der Waals surface area (Å²) in [5.41, 5.74) is 3.50. The van der Waals surface area contributed by atoms with Gasteiger partial charge < -0.3 is 0 Å². The molecule has 2 rings (SSSR count). The molecule has 0 fully saturated rings. The Morgan fingerprint density at radius 3 is 2.48 bits per heavy atom. The predicted octanol–water partition coefficient (Wildman–Crippen LogP) is 3.43. The van der Waals surface area contributed by atoms with E-state index in [-0.39, 0.29) is 0 Å². The highest BCUT2D eigenvalue weighted by molar-refractivity contribution is 5.33. The van der Waals surface area contributed by atoms with Crippen LogP contribution < -0.4 is 5.49 Å². The molecule has 0 saturated carbocycles. The van der Waals surface area contributed by atoms with Crippen LogP contribution in [0.2, 0.25) is 0 Å². The highest BCUT2D eigenvalue weighted by Crippen LogP contribution is 2.14. The zero-order chi connectivity index (χ0) is 15.1. The Hall–Kier alpha value is -1.97. The van der Waals surface area contributed by atoms with Crippen LogP contribution in [0.5, 0.6) is 0 Å². The molecule has 0 radical (unpaired) electrons. The summed E-state index contributed by atoms with van der Waals surface area (Å²) in [5.74, 6) is 0. The first kappa shape index (κ1) is 15.4. The third-order valence-corrected chi connectivity index (χ3v) is 3.74. The Balaban J connectivity index is 2.33. The maximum atomic E-state index is 8.07. The molecule has 4 heteroatoms. The molecule has 112 valence electrons. The SMILES string of the molecule is CCCCCCc1c(CC)n(-c2ccccc2)nnc1=N. The number of hydrogen-bond acceptors (Lipinski definition) is 3.